The van der Waals surface area contributed by atoms with Gasteiger partial charge in [0.15, 0.2) is 0 Å². The number of anilines is 1. The van der Waals surface area contributed by atoms with Crippen LogP contribution in [0.2, 0.25) is 0 Å². The average Bonchev–Trinajstić information content (AvgIpc) is 2.49. The van der Waals surface area contributed by atoms with Gasteiger partial charge in [-0.15, -0.1) is 0 Å². The van der Waals surface area contributed by atoms with Gasteiger partial charge in [-0.05, 0) is 32.8 Å². The minimum Gasteiger partial charge on any atom is -0.353 e. The third-order valence-corrected chi connectivity index (χ3v) is 3.79. The number of amides is 1. The van der Waals surface area contributed by atoms with Crippen molar-refractivity contribution in [3.8, 4) is 0 Å². The lowest BCUT2D eigenvalue weighted by Gasteiger charge is -2.34. The Morgan fingerprint density at radius 2 is 2.00 bits per heavy atom. The molecule has 2 rings (SSSR count). The summed E-state index contributed by atoms with van der Waals surface area (Å²) in [4.78, 5) is 22.7. The molecule has 1 aromatic rings. The zero-order chi connectivity index (χ0) is 14.6. The van der Waals surface area contributed by atoms with E-state index in [4.69, 9.17) is 5.73 Å². The van der Waals surface area contributed by atoms with Crippen LogP contribution in [0.4, 0.5) is 5.95 Å². The Kier molecular flexibility index (Phi) is 4.54. The van der Waals surface area contributed by atoms with E-state index < -0.39 is 5.41 Å². The smallest absolute Gasteiger partial charge is 0.227 e. The first-order valence-electron chi connectivity index (χ1n) is 7.06. The molecule has 20 heavy (non-hydrogen) atoms. The largest absolute Gasteiger partial charge is 0.353 e. The van der Waals surface area contributed by atoms with Crippen molar-refractivity contribution in [2.24, 2.45) is 11.1 Å². The Bertz CT molecular complexity index is 440. The van der Waals surface area contributed by atoms with Crippen LogP contribution >= 0.6 is 0 Å². The first kappa shape index (κ1) is 14.7. The number of rotatable bonds is 4. The minimum atomic E-state index is -0.500. The summed E-state index contributed by atoms with van der Waals surface area (Å²) in [5.74, 6) is 0.800. The molecule has 1 aromatic heterocycles. The lowest BCUT2D eigenvalue weighted by molar-refractivity contribution is -0.129. The standard InChI is InChI=1S/C14H23N5O/c1-14(2,10-15)12(20)18-11-4-8-19(9-5-11)13-16-6-3-7-17-13/h3,6-7,11H,4-5,8-10,15H2,1-2H3,(H,18,20). The fraction of sp³-hybridized carbons (Fsp3) is 0.643. The van der Waals surface area contributed by atoms with Gasteiger partial charge in [-0.3, -0.25) is 4.79 Å². The van der Waals surface area contributed by atoms with E-state index in [9.17, 15) is 4.79 Å². The van der Waals surface area contributed by atoms with E-state index in [1.807, 2.05) is 19.9 Å². The fourth-order valence-corrected chi connectivity index (χ4v) is 2.15. The second-order valence-corrected chi connectivity index (χ2v) is 5.87. The third-order valence-electron chi connectivity index (χ3n) is 3.79. The Morgan fingerprint density at radius 1 is 1.40 bits per heavy atom. The van der Waals surface area contributed by atoms with Crippen molar-refractivity contribution < 1.29 is 4.79 Å². The van der Waals surface area contributed by atoms with Gasteiger partial charge < -0.3 is 16.0 Å². The SMILES string of the molecule is CC(C)(CN)C(=O)NC1CCN(c2ncccn2)CC1. The zero-order valence-electron chi connectivity index (χ0n) is 12.2. The number of nitrogens with one attached hydrogen (secondary N) is 1. The third kappa shape index (κ3) is 3.45. The molecule has 1 aliphatic rings. The molecule has 0 unspecified atom stereocenters. The van der Waals surface area contributed by atoms with Crippen molar-refractivity contribution in [3.05, 3.63) is 18.5 Å². The van der Waals surface area contributed by atoms with E-state index in [1.54, 1.807) is 12.4 Å². The van der Waals surface area contributed by atoms with Crippen molar-refractivity contribution in [2.45, 2.75) is 32.7 Å². The van der Waals surface area contributed by atoms with Gasteiger partial charge >= 0.3 is 0 Å². The van der Waals surface area contributed by atoms with E-state index in [0.29, 0.717) is 6.54 Å². The quantitative estimate of drug-likeness (QED) is 0.839. The normalized spacial score (nSPS) is 17.1. The monoisotopic (exact) mass is 277 g/mol. The molecule has 6 heteroatoms. The molecule has 0 atom stereocenters. The molecule has 0 aromatic carbocycles. The van der Waals surface area contributed by atoms with E-state index in [-0.39, 0.29) is 11.9 Å². The summed E-state index contributed by atoms with van der Waals surface area (Å²) < 4.78 is 0. The Morgan fingerprint density at radius 3 is 2.55 bits per heavy atom. The van der Waals surface area contributed by atoms with Crippen LogP contribution in [0.15, 0.2) is 18.5 Å². The highest BCUT2D eigenvalue weighted by atomic mass is 16.2. The van der Waals surface area contributed by atoms with Crippen LogP contribution < -0.4 is 16.0 Å². The first-order chi connectivity index (χ1) is 9.53. The molecule has 0 radical (unpaired) electrons. The van der Waals surface area contributed by atoms with Crippen LogP contribution in [-0.4, -0.2) is 41.6 Å². The number of nitrogens with zero attached hydrogens (tertiary/aromatic N) is 3. The van der Waals surface area contributed by atoms with Gasteiger partial charge in [-0.1, -0.05) is 0 Å². The lowest BCUT2D eigenvalue weighted by atomic mass is 9.91. The summed E-state index contributed by atoms with van der Waals surface area (Å²) in [6.45, 7) is 5.82. The molecule has 1 aliphatic heterocycles. The zero-order valence-corrected chi connectivity index (χ0v) is 12.2. The molecule has 110 valence electrons. The second kappa shape index (κ2) is 6.17. The molecule has 1 saturated heterocycles. The van der Waals surface area contributed by atoms with Crippen molar-refractivity contribution in [1.29, 1.82) is 0 Å². The van der Waals surface area contributed by atoms with Gasteiger partial charge in [0.2, 0.25) is 11.9 Å². The first-order valence-corrected chi connectivity index (χ1v) is 7.06. The van der Waals surface area contributed by atoms with Gasteiger partial charge in [-0.25, -0.2) is 9.97 Å². The highest BCUT2D eigenvalue weighted by molar-refractivity contribution is 5.82. The average molecular weight is 277 g/mol. The van der Waals surface area contributed by atoms with Gasteiger partial charge in [0.05, 0.1) is 5.41 Å². The highest BCUT2D eigenvalue weighted by Crippen LogP contribution is 2.18. The Balaban J connectivity index is 1.85. The maximum atomic E-state index is 12.1. The Labute approximate surface area is 119 Å². The van der Waals surface area contributed by atoms with Crippen LogP contribution in [0.3, 0.4) is 0 Å². The van der Waals surface area contributed by atoms with Crippen LogP contribution in [-0.2, 0) is 4.79 Å². The Hall–Kier alpha value is -1.69. The molecule has 0 aliphatic carbocycles. The predicted molar refractivity (Wildman–Crippen MR) is 78.2 cm³/mol. The van der Waals surface area contributed by atoms with Crippen molar-refractivity contribution in [2.75, 3.05) is 24.5 Å². The van der Waals surface area contributed by atoms with E-state index >= 15 is 0 Å². The van der Waals surface area contributed by atoms with Gasteiger partial charge in [-0.2, -0.15) is 0 Å². The molecule has 2 heterocycles. The van der Waals surface area contributed by atoms with Gasteiger partial charge in [0, 0.05) is 38.1 Å². The number of hydrogen-bond acceptors (Lipinski definition) is 5. The number of aromatic nitrogens is 2. The molecule has 6 nitrogen and oxygen atoms in total. The summed E-state index contributed by atoms with van der Waals surface area (Å²) >= 11 is 0. The predicted octanol–water partition coefficient (Wildman–Crippen LogP) is 0.547. The van der Waals surface area contributed by atoms with E-state index in [0.717, 1.165) is 31.9 Å². The van der Waals surface area contributed by atoms with Crippen LogP contribution in [0, 0.1) is 5.41 Å². The number of nitrogens with two attached hydrogens (primary N) is 1. The van der Waals surface area contributed by atoms with Gasteiger partial charge in [0.1, 0.15) is 0 Å². The summed E-state index contributed by atoms with van der Waals surface area (Å²) in [7, 11) is 0. The molecule has 0 bridgehead atoms. The van der Waals surface area contributed by atoms with Gasteiger partial charge in [0.25, 0.3) is 0 Å². The summed E-state index contributed by atoms with van der Waals surface area (Å²) in [6.07, 6.45) is 5.31. The summed E-state index contributed by atoms with van der Waals surface area (Å²) in [5.41, 5.74) is 5.12. The van der Waals surface area contributed by atoms with Crippen molar-refractivity contribution >= 4 is 11.9 Å². The van der Waals surface area contributed by atoms with Crippen LogP contribution in [0.25, 0.3) is 0 Å². The lowest BCUT2D eigenvalue weighted by Crippen LogP contribution is -2.50. The topological polar surface area (TPSA) is 84.1 Å². The van der Waals surface area contributed by atoms with Crippen LogP contribution in [0.5, 0.6) is 0 Å². The molecule has 1 amide bonds. The number of piperidine rings is 1. The molecule has 0 saturated carbocycles. The summed E-state index contributed by atoms with van der Waals surface area (Å²) in [6, 6.07) is 2.03. The number of carbonyl (C=O) groups excluding carboxylic acids is 1. The molecular weight excluding hydrogens is 254 g/mol. The molecule has 0 spiro atoms. The van der Waals surface area contributed by atoms with Crippen LogP contribution in [0.1, 0.15) is 26.7 Å². The maximum absolute atomic E-state index is 12.1. The second-order valence-electron chi connectivity index (χ2n) is 5.87. The number of hydrogen-bond donors (Lipinski definition) is 2. The molecule has 3 N–H and O–H groups in total. The van der Waals surface area contributed by atoms with Crippen molar-refractivity contribution in [1.82, 2.24) is 15.3 Å². The fourth-order valence-electron chi connectivity index (χ4n) is 2.15. The van der Waals surface area contributed by atoms with E-state index in [1.165, 1.54) is 0 Å². The van der Waals surface area contributed by atoms with E-state index in [2.05, 4.69) is 20.2 Å². The highest BCUT2D eigenvalue weighted by Gasteiger charge is 2.29. The summed E-state index contributed by atoms with van der Waals surface area (Å²) in [5, 5.41) is 3.10. The molecule has 1 fully saturated rings. The maximum Gasteiger partial charge on any atom is 0.227 e. The van der Waals surface area contributed by atoms with Crippen molar-refractivity contribution in [3.63, 3.8) is 0 Å². The minimum absolute atomic E-state index is 0.0365. The number of carbonyl (C=O) groups is 1. The molecular formula is C14H23N5O.